The molecular formula is C33H38F6N6O7S. The van der Waals surface area contributed by atoms with E-state index in [1.54, 1.807) is 33.8 Å². The summed E-state index contributed by atoms with van der Waals surface area (Å²) in [4.78, 5) is 38.9. The molecule has 1 aliphatic rings. The average Bonchev–Trinajstić information content (AvgIpc) is 3.05. The van der Waals surface area contributed by atoms with Crippen LogP contribution in [0.4, 0.5) is 42.8 Å². The smallest absolute Gasteiger partial charge is 0.416 e. The molecule has 3 heterocycles. The van der Waals surface area contributed by atoms with Crippen LogP contribution < -0.4 is 19.7 Å². The minimum absolute atomic E-state index is 0.0535. The predicted octanol–water partition coefficient (Wildman–Crippen LogP) is 6.43. The molecule has 0 unspecified atom stereocenters. The number of anilines is 2. The van der Waals surface area contributed by atoms with Gasteiger partial charge in [-0.1, -0.05) is 6.92 Å². The predicted molar refractivity (Wildman–Crippen MR) is 178 cm³/mol. The zero-order valence-electron chi connectivity index (χ0n) is 29.5. The van der Waals surface area contributed by atoms with Gasteiger partial charge in [-0.05, 0) is 70.4 Å². The number of methoxy groups -OCH3 is 1. The van der Waals surface area contributed by atoms with E-state index in [1.807, 2.05) is 11.6 Å². The fourth-order valence-electron chi connectivity index (χ4n) is 5.53. The number of esters is 1. The van der Waals surface area contributed by atoms with Gasteiger partial charge in [-0.25, -0.2) is 28.2 Å². The van der Waals surface area contributed by atoms with E-state index in [1.165, 1.54) is 18.1 Å². The van der Waals surface area contributed by atoms with E-state index in [4.69, 9.17) is 14.2 Å². The third-order valence-corrected chi connectivity index (χ3v) is 9.20. The Morgan fingerprint density at radius 1 is 0.981 bits per heavy atom. The van der Waals surface area contributed by atoms with Crippen LogP contribution >= 0.6 is 0 Å². The molecule has 53 heavy (non-hydrogen) atoms. The third-order valence-electron chi connectivity index (χ3n) is 7.75. The van der Waals surface area contributed by atoms with E-state index in [-0.39, 0.29) is 36.6 Å². The topological polar surface area (TPSA) is 162 Å². The van der Waals surface area contributed by atoms with Gasteiger partial charge >= 0.3 is 24.4 Å². The number of rotatable bonds is 11. The molecule has 1 aliphatic heterocycles. The number of aromatic nitrogens is 3. The third kappa shape index (κ3) is 10.2. The first-order valence-corrected chi connectivity index (χ1v) is 17.7. The van der Waals surface area contributed by atoms with Crippen LogP contribution in [0.1, 0.15) is 81.6 Å². The van der Waals surface area contributed by atoms with Gasteiger partial charge in [0.05, 0.1) is 54.2 Å². The summed E-state index contributed by atoms with van der Waals surface area (Å²) in [5, 5.41) is 3.03. The number of nitrogens with one attached hydrogen (secondary N) is 2. The van der Waals surface area contributed by atoms with Crippen LogP contribution in [-0.2, 0) is 43.1 Å². The van der Waals surface area contributed by atoms with Gasteiger partial charge in [-0.15, -0.1) is 0 Å². The number of pyridine rings is 1. The lowest BCUT2D eigenvalue weighted by atomic mass is 9.93. The highest BCUT2D eigenvalue weighted by Gasteiger charge is 2.39. The summed E-state index contributed by atoms with van der Waals surface area (Å²) in [6, 6.07) is 2.78. The minimum Gasteiger partial charge on any atom is -0.481 e. The summed E-state index contributed by atoms with van der Waals surface area (Å²) in [6.45, 7) is 7.37. The van der Waals surface area contributed by atoms with Crippen molar-refractivity contribution >= 4 is 33.7 Å². The Bertz CT molecular complexity index is 1900. The van der Waals surface area contributed by atoms with Crippen molar-refractivity contribution in [2.24, 2.45) is 0 Å². The Morgan fingerprint density at radius 3 is 2.17 bits per heavy atom. The maximum atomic E-state index is 13.7. The number of hydrogen-bond donors (Lipinski definition) is 2. The molecule has 20 heteroatoms. The van der Waals surface area contributed by atoms with Crippen molar-refractivity contribution in [2.75, 3.05) is 30.5 Å². The fourth-order valence-corrected chi connectivity index (χ4v) is 6.61. The lowest BCUT2D eigenvalue weighted by Gasteiger charge is -2.39. The van der Waals surface area contributed by atoms with Gasteiger partial charge in [0, 0.05) is 18.5 Å². The number of amides is 1. The number of nitrogens with zero attached hydrogens (tertiary/aromatic N) is 4. The van der Waals surface area contributed by atoms with E-state index in [2.05, 4.69) is 20.3 Å². The molecule has 0 fully saturated rings. The van der Waals surface area contributed by atoms with Crippen molar-refractivity contribution in [3.63, 3.8) is 0 Å². The summed E-state index contributed by atoms with van der Waals surface area (Å²) in [7, 11) is -3.34. The van der Waals surface area contributed by atoms with E-state index in [9.17, 15) is 44.3 Å². The first-order valence-electron chi connectivity index (χ1n) is 16.2. The van der Waals surface area contributed by atoms with Gasteiger partial charge in [0.15, 0.2) is 0 Å². The van der Waals surface area contributed by atoms with Crippen LogP contribution in [0.2, 0.25) is 0 Å². The van der Waals surface area contributed by atoms with Crippen LogP contribution in [0.25, 0.3) is 0 Å². The number of fused-ring (bicyclic) bond motifs is 1. The molecule has 2 atom stereocenters. The quantitative estimate of drug-likeness (QED) is 0.163. The number of ether oxygens (including phenoxy) is 3. The number of halogens is 6. The zero-order valence-corrected chi connectivity index (χ0v) is 30.3. The molecule has 2 aromatic heterocycles. The Morgan fingerprint density at radius 2 is 1.62 bits per heavy atom. The second-order valence-electron chi connectivity index (χ2n) is 12.8. The average molecular weight is 777 g/mol. The maximum absolute atomic E-state index is 13.7. The van der Waals surface area contributed by atoms with Crippen molar-refractivity contribution in [3.05, 3.63) is 64.6 Å². The van der Waals surface area contributed by atoms with E-state index >= 15 is 0 Å². The second-order valence-corrected chi connectivity index (χ2v) is 14.6. The molecule has 0 saturated heterocycles. The van der Waals surface area contributed by atoms with E-state index < -0.39 is 92.4 Å². The monoisotopic (exact) mass is 776 g/mol. The minimum atomic E-state index is -5.17. The summed E-state index contributed by atoms with van der Waals surface area (Å²) in [6.07, 6.45) is -10.4. The molecule has 3 aromatic rings. The molecule has 4 rings (SSSR count). The van der Waals surface area contributed by atoms with Gasteiger partial charge < -0.3 is 19.5 Å². The summed E-state index contributed by atoms with van der Waals surface area (Å²) in [5.74, 6) is -1.05. The largest absolute Gasteiger partial charge is 0.481 e. The highest BCUT2D eigenvalue weighted by Crippen LogP contribution is 2.41. The van der Waals surface area contributed by atoms with E-state index in [0.717, 1.165) is 6.20 Å². The lowest BCUT2D eigenvalue weighted by molar-refractivity contribution is -0.153. The molecular weight excluding hydrogens is 738 g/mol. The molecule has 1 aromatic carbocycles. The SMILES string of the molecule is CCOC(=O)N1c2ccc(OC)nc2[C@@H](Nc2ncc(S(=O)(=O)NCC(=O)OC(C)(C)C)c(Cc3cc(C(F)(F)F)cc(C(F)(F)F)c3)n2)C[C@H]1CC. The highest BCUT2D eigenvalue weighted by molar-refractivity contribution is 7.89. The van der Waals surface area contributed by atoms with Crippen LogP contribution in [-0.4, -0.2) is 67.3 Å². The van der Waals surface area contributed by atoms with Gasteiger partial charge in [0.2, 0.25) is 21.9 Å². The van der Waals surface area contributed by atoms with Gasteiger partial charge in [-0.2, -0.15) is 31.1 Å². The molecule has 0 spiro atoms. The molecule has 2 N–H and O–H groups in total. The highest BCUT2D eigenvalue weighted by atomic mass is 32.2. The van der Waals surface area contributed by atoms with Crippen molar-refractivity contribution < 1.29 is 58.6 Å². The molecule has 0 aliphatic carbocycles. The Kier molecular flexibility index (Phi) is 12.2. The summed E-state index contributed by atoms with van der Waals surface area (Å²) < 4.78 is 127. The fraction of sp³-hybridized carbons (Fsp3) is 0.485. The van der Waals surface area contributed by atoms with Crippen molar-refractivity contribution in [1.29, 1.82) is 0 Å². The standard InChI is InChI=1S/C33H38F6N6O7S/c1-7-21-15-23(28-24(9-10-26(44-28)50-6)45(21)30(47)51-8-2)43-29-40-16-25(53(48,49)41-17-27(46)52-31(3,4)5)22(42-29)13-18-11-19(32(34,35)36)14-20(12-18)33(37,38)39/h9-12,14,16,21,23,41H,7-8,13,15,17H2,1-6H3,(H,40,42,43)/t21-,23+/m1/s1. The first-order chi connectivity index (χ1) is 24.6. The Labute approximate surface area is 301 Å². The molecule has 13 nitrogen and oxygen atoms in total. The molecule has 1 amide bonds. The lowest BCUT2D eigenvalue weighted by Crippen LogP contribution is -2.46. The molecule has 0 saturated carbocycles. The van der Waals surface area contributed by atoms with Gasteiger partial charge in [-0.3, -0.25) is 9.69 Å². The van der Waals surface area contributed by atoms with Gasteiger partial charge in [0.1, 0.15) is 17.0 Å². The Hall–Kier alpha value is -4.72. The van der Waals surface area contributed by atoms with Crippen molar-refractivity contribution in [3.8, 4) is 5.88 Å². The number of benzene rings is 1. The second kappa shape index (κ2) is 15.7. The van der Waals surface area contributed by atoms with Crippen LogP contribution in [0.3, 0.4) is 0 Å². The number of carbonyl (C=O) groups is 2. The summed E-state index contributed by atoms with van der Waals surface area (Å²) >= 11 is 0. The molecule has 0 bridgehead atoms. The van der Waals surface area contributed by atoms with Gasteiger partial charge in [0.25, 0.3) is 0 Å². The maximum Gasteiger partial charge on any atom is 0.416 e. The number of alkyl halides is 6. The first kappa shape index (κ1) is 41.0. The molecule has 290 valence electrons. The molecule has 0 radical (unpaired) electrons. The number of hydrogen-bond acceptors (Lipinski definition) is 11. The normalized spacial score (nSPS) is 16.5. The Balaban J connectivity index is 1.82. The summed E-state index contributed by atoms with van der Waals surface area (Å²) in [5.41, 5.74) is -4.61. The number of carbonyl (C=O) groups excluding carboxylic acids is 2. The van der Waals surface area contributed by atoms with Crippen LogP contribution in [0, 0.1) is 0 Å². The number of sulfonamides is 1. The van der Waals surface area contributed by atoms with Crippen molar-refractivity contribution in [2.45, 2.75) is 88.8 Å². The van der Waals surface area contributed by atoms with E-state index in [0.29, 0.717) is 24.2 Å². The zero-order chi connectivity index (χ0) is 39.5. The van der Waals surface area contributed by atoms with Crippen LogP contribution in [0.5, 0.6) is 5.88 Å². The van der Waals surface area contributed by atoms with Crippen LogP contribution in [0.15, 0.2) is 41.4 Å². The van der Waals surface area contributed by atoms with Crippen molar-refractivity contribution in [1.82, 2.24) is 19.7 Å².